The molecule has 1 saturated heterocycles. The molecule has 6 heteroatoms. The molecule has 0 aromatic heterocycles. The van der Waals surface area contributed by atoms with Gasteiger partial charge in [0.05, 0.1) is 0 Å². The Morgan fingerprint density at radius 3 is 2.30 bits per heavy atom. The molecule has 0 spiro atoms. The van der Waals surface area contributed by atoms with Crippen LogP contribution in [0.3, 0.4) is 0 Å². The largest absolute Gasteiger partial charge is 0.355 e. The van der Waals surface area contributed by atoms with Crippen LogP contribution in [0.4, 0.5) is 0 Å². The Kier molecular flexibility index (Phi) is 7.82. The molecule has 1 aliphatic rings. The summed E-state index contributed by atoms with van der Waals surface area (Å²) in [7, 11) is 1.80. The molecule has 1 amide bonds. The highest BCUT2D eigenvalue weighted by Gasteiger charge is 2.24. The van der Waals surface area contributed by atoms with Gasteiger partial charge in [0.15, 0.2) is 5.96 Å². The van der Waals surface area contributed by atoms with Crippen molar-refractivity contribution in [1.29, 1.82) is 0 Å². The smallest absolute Gasteiger partial charge is 0.225 e. The summed E-state index contributed by atoms with van der Waals surface area (Å²) in [5.74, 6) is 1.19. The summed E-state index contributed by atoms with van der Waals surface area (Å²) in [5.41, 5.74) is 0.133. The minimum absolute atomic E-state index is 0.0873. The molecule has 134 valence electrons. The van der Waals surface area contributed by atoms with Gasteiger partial charge in [-0.3, -0.25) is 9.79 Å². The van der Waals surface area contributed by atoms with Gasteiger partial charge in [0.2, 0.25) is 5.91 Å². The third-order valence-corrected chi connectivity index (χ3v) is 3.94. The quantitative estimate of drug-likeness (QED) is 0.403. The molecule has 0 aliphatic carbocycles. The number of guanidine groups is 1. The van der Waals surface area contributed by atoms with E-state index in [4.69, 9.17) is 0 Å². The van der Waals surface area contributed by atoms with E-state index < -0.39 is 0 Å². The molecule has 0 unspecified atom stereocenters. The number of carbonyl (C=O) groups is 1. The molecule has 23 heavy (non-hydrogen) atoms. The summed E-state index contributed by atoms with van der Waals surface area (Å²) in [6, 6.07) is 0.382. The lowest BCUT2D eigenvalue weighted by atomic mass is 10.0. The van der Waals surface area contributed by atoms with Crippen LogP contribution in [0.25, 0.3) is 0 Å². The van der Waals surface area contributed by atoms with E-state index in [2.05, 4.69) is 41.7 Å². The molecule has 1 fully saturated rings. The number of nitrogens with zero attached hydrogens (tertiary/aromatic N) is 2. The van der Waals surface area contributed by atoms with Crippen molar-refractivity contribution in [1.82, 2.24) is 20.9 Å². The van der Waals surface area contributed by atoms with Gasteiger partial charge in [-0.15, -0.1) is 0 Å². The predicted molar refractivity (Wildman–Crippen MR) is 96.7 cm³/mol. The monoisotopic (exact) mass is 325 g/mol. The zero-order chi connectivity index (χ0) is 17.5. The van der Waals surface area contributed by atoms with E-state index in [9.17, 15) is 4.79 Å². The number of piperidine rings is 1. The average molecular weight is 326 g/mol. The number of hydrogen-bond acceptors (Lipinski definition) is 3. The molecule has 0 aromatic rings. The Bertz CT molecular complexity index is 392. The summed E-state index contributed by atoms with van der Waals surface area (Å²) >= 11 is 0. The fourth-order valence-corrected chi connectivity index (χ4v) is 2.62. The molecule has 0 aromatic carbocycles. The third kappa shape index (κ3) is 7.68. The second-order valence-electron chi connectivity index (χ2n) is 7.57. The number of aliphatic imine (C=N–C) groups is 1. The standard InChI is InChI=1S/C17H35N5O/c1-13(2)15(23)22-11-7-14(8-12-22)21-16(18-6)19-9-10-20-17(3,4)5/h13-14,20H,7-12H2,1-6H3,(H2,18,19,21). The van der Waals surface area contributed by atoms with E-state index in [-0.39, 0.29) is 17.4 Å². The molecule has 1 aliphatic heterocycles. The number of nitrogens with one attached hydrogen (secondary N) is 3. The maximum atomic E-state index is 12.0. The van der Waals surface area contributed by atoms with Gasteiger partial charge in [0.25, 0.3) is 0 Å². The van der Waals surface area contributed by atoms with E-state index in [0.717, 1.165) is 45.0 Å². The first-order chi connectivity index (χ1) is 10.7. The van der Waals surface area contributed by atoms with E-state index in [0.29, 0.717) is 6.04 Å². The fourth-order valence-electron chi connectivity index (χ4n) is 2.62. The van der Waals surface area contributed by atoms with Crippen molar-refractivity contribution in [3.63, 3.8) is 0 Å². The van der Waals surface area contributed by atoms with Crippen molar-refractivity contribution < 1.29 is 4.79 Å². The molecule has 1 heterocycles. The highest BCUT2D eigenvalue weighted by atomic mass is 16.2. The highest BCUT2D eigenvalue weighted by Crippen LogP contribution is 2.13. The van der Waals surface area contributed by atoms with Crippen molar-refractivity contribution >= 4 is 11.9 Å². The summed E-state index contributed by atoms with van der Waals surface area (Å²) in [4.78, 5) is 18.3. The first-order valence-corrected chi connectivity index (χ1v) is 8.74. The van der Waals surface area contributed by atoms with Crippen molar-refractivity contribution in [3.8, 4) is 0 Å². The van der Waals surface area contributed by atoms with E-state index in [1.807, 2.05) is 18.7 Å². The Labute approximate surface area is 141 Å². The second-order valence-corrected chi connectivity index (χ2v) is 7.57. The zero-order valence-corrected chi connectivity index (χ0v) is 15.7. The Hall–Kier alpha value is -1.30. The van der Waals surface area contributed by atoms with Gasteiger partial charge in [0, 0.05) is 50.7 Å². The molecule has 0 atom stereocenters. The first kappa shape index (κ1) is 19.7. The third-order valence-electron chi connectivity index (χ3n) is 3.94. The summed E-state index contributed by atoms with van der Waals surface area (Å²) in [6.45, 7) is 13.8. The van der Waals surface area contributed by atoms with Gasteiger partial charge in [-0.1, -0.05) is 13.8 Å². The lowest BCUT2D eigenvalue weighted by molar-refractivity contribution is -0.135. The number of rotatable bonds is 5. The van der Waals surface area contributed by atoms with Crippen LogP contribution in [0.5, 0.6) is 0 Å². The number of amides is 1. The maximum absolute atomic E-state index is 12.0. The lowest BCUT2D eigenvalue weighted by Crippen LogP contribution is -2.51. The van der Waals surface area contributed by atoms with Crippen LogP contribution in [-0.2, 0) is 4.79 Å². The van der Waals surface area contributed by atoms with Gasteiger partial charge >= 0.3 is 0 Å². The number of carbonyl (C=O) groups excluding carboxylic acids is 1. The van der Waals surface area contributed by atoms with Crippen LogP contribution in [0, 0.1) is 5.92 Å². The molecule has 1 rings (SSSR count). The SMILES string of the molecule is CN=C(NCCNC(C)(C)C)NC1CCN(C(=O)C(C)C)CC1. The van der Waals surface area contributed by atoms with Crippen LogP contribution in [-0.4, -0.2) is 61.6 Å². The highest BCUT2D eigenvalue weighted by molar-refractivity contribution is 5.80. The number of hydrogen-bond donors (Lipinski definition) is 3. The van der Waals surface area contributed by atoms with Crippen LogP contribution < -0.4 is 16.0 Å². The number of likely N-dealkylation sites (tertiary alicyclic amines) is 1. The average Bonchev–Trinajstić information content (AvgIpc) is 2.49. The summed E-state index contributed by atoms with van der Waals surface area (Å²) in [6.07, 6.45) is 1.94. The van der Waals surface area contributed by atoms with Crippen molar-refractivity contribution in [3.05, 3.63) is 0 Å². The van der Waals surface area contributed by atoms with Gasteiger partial charge in [0.1, 0.15) is 0 Å². The van der Waals surface area contributed by atoms with Crippen molar-refractivity contribution in [2.75, 3.05) is 33.2 Å². The first-order valence-electron chi connectivity index (χ1n) is 8.74. The lowest BCUT2D eigenvalue weighted by Gasteiger charge is -2.34. The molecule has 0 saturated carbocycles. The van der Waals surface area contributed by atoms with E-state index in [1.54, 1.807) is 7.05 Å². The molecular formula is C17H35N5O. The molecule has 6 nitrogen and oxygen atoms in total. The van der Waals surface area contributed by atoms with Crippen LogP contribution in [0.15, 0.2) is 4.99 Å². The van der Waals surface area contributed by atoms with Gasteiger partial charge in [-0.25, -0.2) is 0 Å². The van der Waals surface area contributed by atoms with E-state index >= 15 is 0 Å². The van der Waals surface area contributed by atoms with Gasteiger partial charge in [-0.2, -0.15) is 0 Å². The summed E-state index contributed by atoms with van der Waals surface area (Å²) < 4.78 is 0. The minimum Gasteiger partial charge on any atom is -0.355 e. The van der Waals surface area contributed by atoms with Crippen molar-refractivity contribution in [2.45, 2.75) is 59.0 Å². The second kappa shape index (κ2) is 9.11. The van der Waals surface area contributed by atoms with E-state index in [1.165, 1.54) is 0 Å². The molecule has 0 radical (unpaired) electrons. The van der Waals surface area contributed by atoms with Crippen molar-refractivity contribution in [2.24, 2.45) is 10.9 Å². The minimum atomic E-state index is 0.0873. The van der Waals surface area contributed by atoms with Gasteiger partial charge in [-0.05, 0) is 33.6 Å². The summed E-state index contributed by atoms with van der Waals surface area (Å²) in [5, 5.41) is 10.2. The van der Waals surface area contributed by atoms with Crippen LogP contribution >= 0.6 is 0 Å². The predicted octanol–water partition coefficient (Wildman–Crippen LogP) is 1.19. The Morgan fingerprint density at radius 1 is 1.22 bits per heavy atom. The normalized spacial score (nSPS) is 17.5. The van der Waals surface area contributed by atoms with Crippen LogP contribution in [0.1, 0.15) is 47.5 Å². The Morgan fingerprint density at radius 2 is 1.83 bits per heavy atom. The Balaban J connectivity index is 2.29. The maximum Gasteiger partial charge on any atom is 0.225 e. The van der Waals surface area contributed by atoms with Gasteiger partial charge < -0.3 is 20.9 Å². The van der Waals surface area contributed by atoms with Crippen LogP contribution in [0.2, 0.25) is 0 Å². The molecular weight excluding hydrogens is 290 g/mol. The molecule has 3 N–H and O–H groups in total. The zero-order valence-electron chi connectivity index (χ0n) is 15.7. The topological polar surface area (TPSA) is 68.8 Å². The fraction of sp³-hybridized carbons (Fsp3) is 0.882. The molecule has 0 bridgehead atoms.